The fourth-order valence-corrected chi connectivity index (χ4v) is 7.44. The summed E-state index contributed by atoms with van der Waals surface area (Å²) >= 11 is 0. The Morgan fingerprint density at radius 3 is 2.35 bits per heavy atom. The quantitative estimate of drug-likeness (QED) is 0.0804. The molecule has 52 heavy (non-hydrogen) atoms. The number of carbonyl (C=O) groups excluding carboxylic acids is 1. The highest BCUT2D eigenvalue weighted by molar-refractivity contribution is 5.87. The molecule has 1 aromatic heterocycles. The van der Waals surface area contributed by atoms with Crippen LogP contribution in [0.5, 0.6) is 17.2 Å². The molecule has 4 N–H and O–H groups in total. The third kappa shape index (κ3) is 8.65. The predicted octanol–water partition coefficient (Wildman–Crippen LogP) is 5.67. The van der Waals surface area contributed by atoms with E-state index in [-0.39, 0.29) is 42.3 Å². The molecular weight excluding hydrogens is 658 g/mol. The van der Waals surface area contributed by atoms with Crippen LogP contribution < -0.4 is 20.3 Å². The number of hydrogen-bond donors (Lipinski definition) is 4. The number of aromatic nitrogens is 1. The molecule has 0 saturated carbocycles. The first-order valence-electron chi connectivity index (χ1n) is 18.0. The van der Waals surface area contributed by atoms with Gasteiger partial charge < -0.3 is 34.7 Å². The van der Waals surface area contributed by atoms with Gasteiger partial charge in [-0.15, -0.1) is 0 Å². The van der Waals surface area contributed by atoms with Crippen molar-refractivity contribution in [2.75, 3.05) is 39.4 Å². The van der Waals surface area contributed by atoms with Gasteiger partial charge in [-0.25, -0.2) is 0 Å². The number of piperidine rings is 3. The van der Waals surface area contributed by atoms with Crippen LogP contribution in [0.2, 0.25) is 0 Å². The molecule has 3 aliphatic rings. The normalized spacial score (nSPS) is 19.2. The average molecular weight is 704 g/mol. The van der Waals surface area contributed by atoms with Gasteiger partial charge in [0.05, 0.1) is 18.0 Å². The smallest absolute Gasteiger partial charge is 0.307 e. The molecule has 270 valence electrons. The first kappa shape index (κ1) is 35.3. The van der Waals surface area contributed by atoms with E-state index in [1.165, 1.54) is 12.1 Å². The number of rotatable bonds is 15. The lowest BCUT2D eigenvalue weighted by Crippen LogP contribution is -2.52. The van der Waals surface area contributed by atoms with Crippen LogP contribution in [-0.4, -0.2) is 71.6 Å². The van der Waals surface area contributed by atoms with Gasteiger partial charge in [0.1, 0.15) is 36.6 Å². The number of phenols is 1. The molecule has 0 amide bonds. The van der Waals surface area contributed by atoms with Crippen molar-refractivity contribution in [3.8, 4) is 17.2 Å². The molecule has 4 heterocycles. The minimum absolute atomic E-state index is 0.0153. The zero-order valence-corrected chi connectivity index (χ0v) is 29.1. The number of nitrogens with one attached hydrogen (secondary N) is 2. The van der Waals surface area contributed by atoms with E-state index in [4.69, 9.17) is 14.2 Å². The molecule has 4 aromatic carbocycles. The second-order valence-corrected chi connectivity index (χ2v) is 13.7. The molecule has 10 heteroatoms. The first-order valence-corrected chi connectivity index (χ1v) is 18.0. The standard InChI is InChI=1S/C42H45N3O7/c46-37-14-12-34(35-13-15-40(48)44-42(35)37)38(47)26-43-25-28-6-4-10-32(22-28)50-20-21-51-33-11-5-9-31(23-33)36(29-7-2-1-3-8-29)24-41(49)52-39-27-45-18-16-30(39)17-19-45/h1-15,22-23,30,36,38-39,43,46-47H,16-21,24-27H2,(H,44,48)/t36-,38-,39-/m0/s1. The van der Waals surface area contributed by atoms with E-state index in [1.807, 2.05) is 66.7 Å². The third-order valence-corrected chi connectivity index (χ3v) is 10.2. The van der Waals surface area contributed by atoms with Crippen LogP contribution in [0.15, 0.2) is 108 Å². The van der Waals surface area contributed by atoms with Crippen LogP contribution in [0.25, 0.3) is 10.9 Å². The van der Waals surface area contributed by atoms with Gasteiger partial charge in [-0.3, -0.25) is 14.5 Å². The number of aromatic amines is 1. The Bertz CT molecular complexity index is 2030. The van der Waals surface area contributed by atoms with Gasteiger partial charge in [0.2, 0.25) is 5.56 Å². The highest BCUT2D eigenvalue weighted by Crippen LogP contribution is 2.34. The van der Waals surface area contributed by atoms with Gasteiger partial charge in [0.25, 0.3) is 0 Å². The van der Waals surface area contributed by atoms with Crippen molar-refractivity contribution < 1.29 is 29.2 Å². The molecule has 3 aliphatic heterocycles. The minimum Gasteiger partial charge on any atom is -0.506 e. The van der Waals surface area contributed by atoms with Crippen LogP contribution in [0.1, 0.15) is 53.5 Å². The minimum atomic E-state index is -0.851. The lowest BCUT2D eigenvalue weighted by Gasteiger charge is -2.44. The Kier molecular flexibility index (Phi) is 11.2. The monoisotopic (exact) mass is 703 g/mol. The summed E-state index contributed by atoms with van der Waals surface area (Å²) in [5, 5.41) is 24.9. The van der Waals surface area contributed by atoms with Crippen molar-refractivity contribution in [2.45, 2.75) is 43.9 Å². The van der Waals surface area contributed by atoms with Crippen LogP contribution in [0.4, 0.5) is 0 Å². The molecule has 0 unspecified atom stereocenters. The van der Waals surface area contributed by atoms with Crippen molar-refractivity contribution in [3.63, 3.8) is 0 Å². The number of esters is 1. The Hall–Kier alpha value is -5.16. The van der Waals surface area contributed by atoms with Crippen molar-refractivity contribution in [1.29, 1.82) is 0 Å². The molecule has 0 radical (unpaired) electrons. The summed E-state index contributed by atoms with van der Waals surface area (Å²) in [5.74, 6) is 1.52. The van der Waals surface area contributed by atoms with E-state index in [0.29, 0.717) is 53.6 Å². The second-order valence-electron chi connectivity index (χ2n) is 13.7. The highest BCUT2D eigenvalue weighted by atomic mass is 16.5. The summed E-state index contributed by atoms with van der Waals surface area (Å²) in [6, 6.07) is 31.8. The average Bonchev–Trinajstić information content (AvgIpc) is 3.17. The molecule has 0 aliphatic carbocycles. The van der Waals surface area contributed by atoms with Gasteiger partial charge in [-0.2, -0.15) is 0 Å². The second kappa shape index (κ2) is 16.5. The zero-order valence-electron chi connectivity index (χ0n) is 29.1. The van der Waals surface area contributed by atoms with Crippen LogP contribution in [0, 0.1) is 5.92 Å². The van der Waals surface area contributed by atoms with Gasteiger partial charge in [0, 0.05) is 37.0 Å². The largest absolute Gasteiger partial charge is 0.506 e. The number of benzene rings is 4. The van der Waals surface area contributed by atoms with Crippen LogP contribution in [-0.2, 0) is 16.1 Å². The number of ether oxygens (including phenoxy) is 3. The van der Waals surface area contributed by atoms with E-state index in [0.717, 1.165) is 49.2 Å². The zero-order chi connectivity index (χ0) is 35.9. The SMILES string of the molecule is O=C(C[C@@H](c1ccccc1)c1cccc(OCCOc2cccc(CNC[C@H](O)c3ccc(O)c4[nH]c(=O)ccc34)c2)c1)O[C@H]1CN2CCC1CC2. The maximum absolute atomic E-state index is 13.3. The summed E-state index contributed by atoms with van der Waals surface area (Å²) in [4.78, 5) is 30.0. The maximum atomic E-state index is 13.3. The number of hydrogen-bond acceptors (Lipinski definition) is 9. The number of phenolic OH excluding ortho intramolecular Hbond substituents is 1. The number of fused-ring (bicyclic) bond motifs is 4. The summed E-state index contributed by atoms with van der Waals surface area (Å²) in [6.07, 6.45) is 1.60. The van der Waals surface area contributed by atoms with E-state index in [2.05, 4.69) is 27.3 Å². The summed E-state index contributed by atoms with van der Waals surface area (Å²) in [6.45, 7) is 4.49. The Morgan fingerprint density at radius 2 is 1.60 bits per heavy atom. The number of aliphatic hydroxyl groups is 1. The lowest BCUT2D eigenvalue weighted by atomic mass is 9.85. The third-order valence-electron chi connectivity index (χ3n) is 10.2. The lowest BCUT2D eigenvalue weighted by molar-refractivity contribution is -0.159. The Morgan fingerprint density at radius 1 is 0.865 bits per heavy atom. The number of nitrogens with zero attached hydrogens (tertiary/aromatic N) is 1. The summed E-state index contributed by atoms with van der Waals surface area (Å²) < 4.78 is 18.2. The van der Waals surface area contributed by atoms with Crippen molar-refractivity contribution in [1.82, 2.24) is 15.2 Å². The van der Waals surface area contributed by atoms with E-state index >= 15 is 0 Å². The number of H-pyrrole nitrogens is 1. The van der Waals surface area contributed by atoms with Crippen LogP contribution >= 0.6 is 0 Å². The number of carbonyl (C=O) groups is 1. The van der Waals surface area contributed by atoms with Crippen molar-refractivity contribution in [3.05, 3.63) is 136 Å². The molecule has 3 saturated heterocycles. The topological polar surface area (TPSA) is 133 Å². The highest BCUT2D eigenvalue weighted by Gasteiger charge is 2.37. The molecule has 5 aromatic rings. The molecule has 2 bridgehead atoms. The van der Waals surface area contributed by atoms with E-state index in [9.17, 15) is 19.8 Å². The van der Waals surface area contributed by atoms with Gasteiger partial charge in [-0.1, -0.05) is 60.7 Å². The fourth-order valence-electron chi connectivity index (χ4n) is 7.44. The number of pyridine rings is 1. The molecular formula is C42H45N3O7. The Labute approximate surface area is 303 Å². The molecule has 0 spiro atoms. The van der Waals surface area contributed by atoms with Gasteiger partial charge in [0.15, 0.2) is 0 Å². The number of aliphatic hydroxyl groups excluding tert-OH is 1. The maximum Gasteiger partial charge on any atom is 0.307 e. The van der Waals surface area contributed by atoms with Crippen molar-refractivity contribution >= 4 is 16.9 Å². The van der Waals surface area contributed by atoms with E-state index in [1.54, 1.807) is 12.1 Å². The molecule has 10 nitrogen and oxygen atoms in total. The predicted molar refractivity (Wildman–Crippen MR) is 199 cm³/mol. The van der Waals surface area contributed by atoms with Gasteiger partial charge in [-0.05, 0) is 90.5 Å². The molecule has 8 rings (SSSR count). The summed E-state index contributed by atoms with van der Waals surface area (Å²) in [5.41, 5.74) is 3.63. The first-order chi connectivity index (χ1) is 25.4. The van der Waals surface area contributed by atoms with Gasteiger partial charge >= 0.3 is 5.97 Å². The Balaban J connectivity index is 0.904. The van der Waals surface area contributed by atoms with E-state index < -0.39 is 6.10 Å². The van der Waals surface area contributed by atoms with Crippen LogP contribution in [0.3, 0.4) is 0 Å². The molecule has 3 atom stereocenters. The van der Waals surface area contributed by atoms with Crippen molar-refractivity contribution in [2.24, 2.45) is 5.92 Å². The fraction of sp³-hybridized carbons (Fsp3) is 0.333. The molecule has 3 fully saturated rings. The number of aromatic hydroxyl groups is 1. The summed E-state index contributed by atoms with van der Waals surface area (Å²) in [7, 11) is 0.